The van der Waals surface area contributed by atoms with Gasteiger partial charge in [0.05, 0.1) is 0 Å². The van der Waals surface area contributed by atoms with Crippen LogP contribution in [-0.4, -0.2) is 9.97 Å². The second-order valence-corrected chi connectivity index (χ2v) is 6.92. The van der Waals surface area contributed by atoms with Gasteiger partial charge < -0.3 is 4.98 Å². The molecule has 1 atom stereocenters. The summed E-state index contributed by atoms with van der Waals surface area (Å²) in [6.07, 6.45) is 18.5. The summed E-state index contributed by atoms with van der Waals surface area (Å²) in [4.78, 5) is 7.90. The molecule has 0 spiro atoms. The van der Waals surface area contributed by atoms with E-state index in [2.05, 4.69) is 37.3 Å². The van der Waals surface area contributed by atoms with Crippen LogP contribution in [-0.2, 0) is 5.41 Å². The smallest absolute Gasteiger partial charge is 0.129 e. The van der Waals surface area contributed by atoms with Gasteiger partial charge in [-0.25, -0.2) is 4.98 Å². The van der Waals surface area contributed by atoms with Crippen molar-refractivity contribution in [2.75, 3.05) is 0 Å². The molecular weight excluding hydrogens is 268 g/mol. The second kappa shape index (κ2) is 10.6. The van der Waals surface area contributed by atoms with Gasteiger partial charge in [0.2, 0.25) is 0 Å². The van der Waals surface area contributed by atoms with Gasteiger partial charge in [-0.1, -0.05) is 85.1 Å². The molecule has 1 unspecified atom stereocenters. The lowest BCUT2D eigenvalue weighted by molar-refractivity contribution is 0.356. The average Bonchev–Trinajstić information content (AvgIpc) is 3.01. The highest BCUT2D eigenvalue weighted by atomic mass is 14.9. The molecule has 1 aromatic rings. The first kappa shape index (κ1) is 19.0. The number of hydrogen-bond acceptors (Lipinski definition) is 1. The van der Waals surface area contributed by atoms with Crippen LogP contribution in [0.1, 0.15) is 103 Å². The van der Waals surface area contributed by atoms with Crippen molar-refractivity contribution in [3.8, 4) is 0 Å². The summed E-state index contributed by atoms with van der Waals surface area (Å²) in [6, 6.07) is 0. The number of nitrogens with one attached hydrogen (secondary N) is 1. The third-order valence-electron chi connectivity index (χ3n) is 4.85. The monoisotopic (exact) mass is 304 g/mol. The van der Waals surface area contributed by atoms with E-state index in [4.69, 9.17) is 0 Å². The third-order valence-corrected chi connectivity index (χ3v) is 4.85. The van der Waals surface area contributed by atoms with Crippen molar-refractivity contribution in [1.29, 1.82) is 0 Å². The first-order valence-electron chi connectivity index (χ1n) is 9.34. The number of aromatic amines is 1. The quantitative estimate of drug-likeness (QED) is 0.406. The Morgan fingerprint density at radius 3 is 2.05 bits per heavy atom. The Morgan fingerprint density at radius 1 is 1.00 bits per heavy atom. The van der Waals surface area contributed by atoms with E-state index in [9.17, 15) is 0 Å². The molecule has 1 N–H and O–H groups in total. The molecule has 1 rings (SSSR count). The van der Waals surface area contributed by atoms with Crippen LogP contribution in [0.4, 0.5) is 0 Å². The highest BCUT2D eigenvalue weighted by molar-refractivity contribution is 5.37. The number of H-pyrrole nitrogens is 1. The first-order chi connectivity index (χ1) is 10.7. The Morgan fingerprint density at radius 2 is 1.55 bits per heavy atom. The molecule has 2 heteroatoms. The summed E-state index contributed by atoms with van der Waals surface area (Å²) in [5, 5.41) is 0. The van der Waals surface area contributed by atoms with E-state index < -0.39 is 0 Å². The number of unbranched alkanes of at least 4 members (excludes halogenated alkanes) is 7. The van der Waals surface area contributed by atoms with Crippen molar-refractivity contribution >= 4 is 6.08 Å². The molecule has 0 aliphatic carbocycles. The Hall–Kier alpha value is -1.05. The van der Waals surface area contributed by atoms with Gasteiger partial charge >= 0.3 is 0 Å². The van der Waals surface area contributed by atoms with Gasteiger partial charge in [-0.2, -0.15) is 0 Å². The van der Waals surface area contributed by atoms with Crippen LogP contribution in [0.25, 0.3) is 6.08 Å². The maximum absolute atomic E-state index is 4.43. The predicted molar refractivity (Wildman–Crippen MR) is 98.2 cm³/mol. The van der Waals surface area contributed by atoms with E-state index in [0.29, 0.717) is 0 Å². The number of hydrogen-bond donors (Lipinski definition) is 1. The highest BCUT2D eigenvalue weighted by Gasteiger charge is 2.27. The molecule has 0 saturated heterocycles. The topological polar surface area (TPSA) is 28.7 Å². The fourth-order valence-electron chi connectivity index (χ4n) is 3.20. The molecule has 0 fully saturated rings. The average molecular weight is 305 g/mol. The van der Waals surface area contributed by atoms with E-state index >= 15 is 0 Å². The summed E-state index contributed by atoms with van der Waals surface area (Å²) >= 11 is 0. The zero-order chi connectivity index (χ0) is 16.3. The molecule has 0 bridgehead atoms. The van der Waals surface area contributed by atoms with Crippen LogP contribution in [0.5, 0.6) is 0 Å². The van der Waals surface area contributed by atoms with Crippen LogP contribution >= 0.6 is 0 Å². The minimum Gasteiger partial charge on any atom is -0.342 e. The van der Waals surface area contributed by atoms with Crippen LogP contribution < -0.4 is 0 Å². The van der Waals surface area contributed by atoms with E-state index in [1.54, 1.807) is 0 Å². The molecular formula is C20H36N2. The van der Waals surface area contributed by atoms with Crippen LogP contribution in [0.15, 0.2) is 12.8 Å². The first-order valence-corrected chi connectivity index (χ1v) is 9.34. The van der Waals surface area contributed by atoms with Crippen LogP contribution in [0.3, 0.4) is 0 Å². The SMILES string of the molecule is C=Cc1ncc(C(C)(CCCCCC)CCCCCCC)[nH]1. The minimum atomic E-state index is 0.244. The Balaban J connectivity index is 2.60. The highest BCUT2D eigenvalue weighted by Crippen LogP contribution is 2.34. The minimum absolute atomic E-state index is 0.244. The standard InChI is InChI=1S/C20H36N2/c1-5-8-10-12-14-16-20(4,15-13-11-9-6-2)18-17-21-19(7-3)22-18/h7,17H,3,5-6,8-16H2,1-2,4H3,(H,21,22). The maximum atomic E-state index is 4.43. The van der Waals surface area contributed by atoms with Gasteiger partial charge in [0, 0.05) is 17.3 Å². The van der Waals surface area contributed by atoms with E-state index in [1.807, 2.05) is 12.3 Å². The van der Waals surface area contributed by atoms with E-state index in [-0.39, 0.29) is 5.41 Å². The molecule has 0 amide bonds. The Bertz CT molecular complexity index is 408. The Kier molecular flexibility index (Phi) is 9.19. The van der Waals surface area contributed by atoms with Crippen LogP contribution in [0.2, 0.25) is 0 Å². The third kappa shape index (κ3) is 6.37. The Labute approximate surface area is 137 Å². The number of rotatable bonds is 13. The molecule has 1 heterocycles. The lowest BCUT2D eigenvalue weighted by Gasteiger charge is -2.29. The largest absolute Gasteiger partial charge is 0.342 e. The number of nitrogens with zero attached hydrogens (tertiary/aromatic N) is 1. The van der Waals surface area contributed by atoms with E-state index in [1.165, 1.54) is 76.3 Å². The van der Waals surface area contributed by atoms with Crippen LogP contribution in [0, 0.1) is 0 Å². The molecule has 0 aliphatic rings. The fraction of sp³-hybridized carbons (Fsp3) is 0.750. The molecule has 126 valence electrons. The second-order valence-electron chi connectivity index (χ2n) is 6.92. The molecule has 1 aromatic heterocycles. The molecule has 0 aromatic carbocycles. The van der Waals surface area contributed by atoms with Gasteiger partial charge in [0.15, 0.2) is 0 Å². The molecule has 2 nitrogen and oxygen atoms in total. The van der Waals surface area contributed by atoms with Gasteiger partial charge in [-0.3, -0.25) is 0 Å². The van der Waals surface area contributed by atoms with Crippen molar-refractivity contribution in [2.45, 2.75) is 96.8 Å². The van der Waals surface area contributed by atoms with Crippen molar-refractivity contribution < 1.29 is 0 Å². The molecule has 22 heavy (non-hydrogen) atoms. The summed E-state index contributed by atoms with van der Waals surface area (Å²) in [5.74, 6) is 0.903. The van der Waals surface area contributed by atoms with E-state index in [0.717, 1.165) is 5.82 Å². The maximum Gasteiger partial charge on any atom is 0.129 e. The summed E-state index contributed by atoms with van der Waals surface area (Å²) in [5.41, 5.74) is 1.54. The normalized spacial score (nSPS) is 14.0. The molecule has 0 saturated carbocycles. The zero-order valence-electron chi connectivity index (χ0n) is 15.1. The summed E-state index contributed by atoms with van der Waals surface area (Å²) in [6.45, 7) is 10.8. The lowest BCUT2D eigenvalue weighted by Crippen LogP contribution is -2.22. The lowest BCUT2D eigenvalue weighted by atomic mass is 9.77. The van der Waals surface area contributed by atoms with Crippen molar-refractivity contribution in [3.05, 3.63) is 24.3 Å². The van der Waals surface area contributed by atoms with Gasteiger partial charge in [-0.15, -0.1) is 0 Å². The van der Waals surface area contributed by atoms with Crippen molar-refractivity contribution in [2.24, 2.45) is 0 Å². The zero-order valence-corrected chi connectivity index (χ0v) is 15.1. The summed E-state index contributed by atoms with van der Waals surface area (Å²) < 4.78 is 0. The summed E-state index contributed by atoms with van der Waals surface area (Å²) in [7, 11) is 0. The number of imidazole rings is 1. The van der Waals surface area contributed by atoms with Crippen molar-refractivity contribution in [3.63, 3.8) is 0 Å². The van der Waals surface area contributed by atoms with Gasteiger partial charge in [0.25, 0.3) is 0 Å². The fourth-order valence-corrected chi connectivity index (χ4v) is 3.20. The van der Waals surface area contributed by atoms with Gasteiger partial charge in [0.1, 0.15) is 5.82 Å². The molecule has 0 radical (unpaired) electrons. The predicted octanol–water partition coefficient (Wildman–Crippen LogP) is 6.64. The van der Waals surface area contributed by atoms with Crippen molar-refractivity contribution in [1.82, 2.24) is 9.97 Å². The van der Waals surface area contributed by atoms with Gasteiger partial charge in [-0.05, 0) is 18.9 Å². The molecule has 0 aliphatic heterocycles. The number of aromatic nitrogens is 2.